The van der Waals surface area contributed by atoms with Crippen LogP contribution < -0.4 is 4.74 Å². The second-order valence-corrected chi connectivity index (χ2v) is 7.96. The first-order chi connectivity index (χ1) is 12.5. The quantitative estimate of drug-likeness (QED) is 0.647. The van der Waals surface area contributed by atoms with Gasteiger partial charge >= 0.3 is 5.97 Å². The number of carbonyl (C=O) groups is 1. The van der Waals surface area contributed by atoms with Gasteiger partial charge in [-0.25, -0.2) is 0 Å². The summed E-state index contributed by atoms with van der Waals surface area (Å²) >= 11 is 0. The molecule has 0 bridgehead atoms. The predicted molar refractivity (Wildman–Crippen MR) is 109 cm³/mol. The Morgan fingerprint density at radius 2 is 1.85 bits per heavy atom. The number of rotatable bonds is 10. The van der Waals surface area contributed by atoms with E-state index in [2.05, 4.69) is 24.0 Å². The summed E-state index contributed by atoms with van der Waals surface area (Å²) in [7, 11) is 3.62. The fourth-order valence-corrected chi connectivity index (χ4v) is 3.96. The number of ether oxygens (including phenoxy) is 1. The van der Waals surface area contributed by atoms with Crippen LogP contribution >= 0.6 is 0 Å². The Morgan fingerprint density at radius 1 is 1.23 bits per heavy atom. The third-order valence-corrected chi connectivity index (χ3v) is 5.98. The molecule has 1 heterocycles. The lowest BCUT2D eigenvalue weighted by Crippen LogP contribution is -2.34. The van der Waals surface area contributed by atoms with Crippen molar-refractivity contribution in [2.75, 3.05) is 26.7 Å². The largest absolute Gasteiger partial charge is 0.497 e. The highest BCUT2D eigenvalue weighted by Crippen LogP contribution is 2.35. The maximum atomic E-state index is 11.6. The van der Waals surface area contributed by atoms with Crippen molar-refractivity contribution in [3.63, 3.8) is 0 Å². The molecule has 0 aliphatic carbocycles. The lowest BCUT2D eigenvalue weighted by atomic mass is 9.63. The molecule has 2 rings (SSSR count). The van der Waals surface area contributed by atoms with E-state index in [9.17, 15) is 9.90 Å². The zero-order valence-electron chi connectivity index (χ0n) is 16.7. The van der Waals surface area contributed by atoms with E-state index >= 15 is 0 Å². The predicted octanol–water partition coefficient (Wildman–Crippen LogP) is 3.72. The standard InChI is InChI=1S/C21H34BNO3/c1-3-4-12-21(22,20(24)25)13-5-14-23-15-10-18(11-16-23)17-6-8-19(26-2)9-7-17/h6-9,18H,3-5,10-16,22H2,1-2H3,(H,24,25). The normalized spacial score (nSPS) is 18.4. The maximum Gasteiger partial charge on any atom is 0.301 e. The number of aliphatic carboxylic acids is 1. The summed E-state index contributed by atoms with van der Waals surface area (Å²) in [4.78, 5) is 14.1. The number of unbranched alkanes of at least 4 members (excludes halogenated alkanes) is 1. The van der Waals surface area contributed by atoms with Crippen molar-refractivity contribution < 1.29 is 14.6 Å². The Kier molecular flexibility index (Phi) is 8.01. The number of benzene rings is 1. The molecule has 1 unspecified atom stereocenters. The first-order valence-corrected chi connectivity index (χ1v) is 10.1. The van der Waals surface area contributed by atoms with Gasteiger partial charge in [-0.15, -0.1) is 0 Å². The van der Waals surface area contributed by atoms with Gasteiger partial charge in [0.2, 0.25) is 0 Å². The molecule has 1 aromatic rings. The van der Waals surface area contributed by atoms with Crippen LogP contribution in [0.1, 0.15) is 63.4 Å². The van der Waals surface area contributed by atoms with E-state index < -0.39 is 11.3 Å². The van der Waals surface area contributed by atoms with Crippen LogP contribution in [0.15, 0.2) is 24.3 Å². The molecular weight excluding hydrogens is 325 g/mol. The van der Waals surface area contributed by atoms with Gasteiger partial charge in [0, 0.05) is 5.31 Å². The zero-order valence-corrected chi connectivity index (χ0v) is 16.7. The Balaban J connectivity index is 1.75. The number of hydrogen-bond donors (Lipinski definition) is 1. The molecule has 0 spiro atoms. The molecular formula is C21H34BNO3. The summed E-state index contributed by atoms with van der Waals surface area (Å²) in [5.41, 5.74) is 1.41. The van der Waals surface area contributed by atoms with Crippen LogP contribution in [-0.2, 0) is 4.79 Å². The summed E-state index contributed by atoms with van der Waals surface area (Å²) in [6, 6.07) is 8.46. The lowest BCUT2D eigenvalue weighted by molar-refractivity contribution is -0.141. The van der Waals surface area contributed by atoms with E-state index in [1.54, 1.807) is 7.11 Å². The number of carboxylic acids is 1. The molecule has 4 nitrogen and oxygen atoms in total. The topological polar surface area (TPSA) is 49.8 Å². The third-order valence-electron chi connectivity index (χ3n) is 5.98. The van der Waals surface area contributed by atoms with E-state index in [0.29, 0.717) is 5.92 Å². The average molecular weight is 359 g/mol. The average Bonchev–Trinajstić information content (AvgIpc) is 2.67. The van der Waals surface area contributed by atoms with E-state index in [4.69, 9.17) is 4.74 Å². The first kappa shape index (κ1) is 20.8. The molecule has 0 radical (unpaired) electrons. The van der Waals surface area contributed by atoms with E-state index in [1.165, 1.54) is 18.4 Å². The molecule has 0 aromatic heterocycles. The molecule has 1 aliphatic rings. The molecule has 0 saturated carbocycles. The molecule has 26 heavy (non-hydrogen) atoms. The van der Waals surface area contributed by atoms with Crippen LogP contribution in [0, 0.1) is 0 Å². The summed E-state index contributed by atoms with van der Waals surface area (Å²) in [6.07, 6.45) is 6.95. The Labute approximate surface area is 159 Å². The molecule has 1 N–H and O–H groups in total. The van der Waals surface area contributed by atoms with Crippen molar-refractivity contribution in [1.82, 2.24) is 4.90 Å². The number of nitrogens with zero attached hydrogens (tertiary/aromatic N) is 1. The van der Waals surface area contributed by atoms with Crippen LogP contribution in [-0.4, -0.2) is 50.6 Å². The van der Waals surface area contributed by atoms with Crippen LogP contribution in [0.2, 0.25) is 5.31 Å². The number of carboxylic acid groups (broad SMARTS) is 1. The minimum Gasteiger partial charge on any atom is -0.497 e. The maximum absolute atomic E-state index is 11.6. The van der Waals surface area contributed by atoms with Gasteiger partial charge < -0.3 is 14.7 Å². The van der Waals surface area contributed by atoms with Crippen molar-refractivity contribution in [3.05, 3.63) is 29.8 Å². The summed E-state index contributed by atoms with van der Waals surface area (Å²) in [5.74, 6) is 0.908. The van der Waals surface area contributed by atoms with Gasteiger partial charge in [0.1, 0.15) is 13.6 Å². The molecule has 1 aliphatic heterocycles. The Hall–Kier alpha value is -1.49. The smallest absolute Gasteiger partial charge is 0.301 e. The summed E-state index contributed by atoms with van der Waals surface area (Å²) in [5, 5.41) is 9.01. The molecule has 1 atom stereocenters. The van der Waals surface area contributed by atoms with Gasteiger partial charge in [0.25, 0.3) is 0 Å². The Bertz CT molecular complexity index is 555. The van der Waals surface area contributed by atoms with Gasteiger partial charge in [0.15, 0.2) is 0 Å². The minimum absolute atomic E-state index is 0.558. The molecule has 1 saturated heterocycles. The minimum atomic E-state index is -0.635. The summed E-state index contributed by atoms with van der Waals surface area (Å²) in [6.45, 7) is 5.35. The van der Waals surface area contributed by atoms with Crippen LogP contribution in [0.5, 0.6) is 5.75 Å². The van der Waals surface area contributed by atoms with Crippen molar-refractivity contribution in [1.29, 1.82) is 0 Å². The van der Waals surface area contributed by atoms with Crippen molar-refractivity contribution in [2.45, 2.75) is 63.1 Å². The SMILES string of the molecule is BC(CCCC)(CCCN1CCC(c2ccc(OC)cc2)CC1)C(=O)O. The molecule has 1 fully saturated rings. The number of likely N-dealkylation sites (tertiary alicyclic amines) is 1. The fourth-order valence-electron chi connectivity index (χ4n) is 3.96. The molecule has 5 heteroatoms. The Morgan fingerprint density at radius 3 is 2.38 bits per heavy atom. The molecule has 144 valence electrons. The highest BCUT2D eigenvalue weighted by atomic mass is 16.5. The van der Waals surface area contributed by atoms with E-state index in [1.807, 2.05) is 20.0 Å². The fraction of sp³-hybridized carbons (Fsp3) is 0.667. The third kappa shape index (κ3) is 5.77. The number of methoxy groups -OCH3 is 1. The van der Waals surface area contributed by atoms with Crippen LogP contribution in [0.3, 0.4) is 0 Å². The van der Waals surface area contributed by atoms with Crippen molar-refractivity contribution in [2.24, 2.45) is 0 Å². The van der Waals surface area contributed by atoms with Gasteiger partial charge in [-0.1, -0.05) is 31.9 Å². The monoisotopic (exact) mass is 359 g/mol. The van der Waals surface area contributed by atoms with Crippen LogP contribution in [0.4, 0.5) is 0 Å². The first-order valence-electron chi connectivity index (χ1n) is 10.1. The van der Waals surface area contributed by atoms with E-state index in [-0.39, 0.29) is 0 Å². The highest BCUT2D eigenvalue weighted by molar-refractivity contribution is 6.26. The highest BCUT2D eigenvalue weighted by Gasteiger charge is 2.32. The van der Waals surface area contributed by atoms with Crippen molar-refractivity contribution in [3.8, 4) is 5.75 Å². The number of hydrogen-bond acceptors (Lipinski definition) is 3. The van der Waals surface area contributed by atoms with Gasteiger partial charge in [0.05, 0.1) is 7.11 Å². The molecule has 1 aromatic carbocycles. The lowest BCUT2D eigenvalue weighted by Gasteiger charge is -2.33. The number of piperidine rings is 1. The van der Waals surface area contributed by atoms with Crippen LogP contribution in [0.25, 0.3) is 0 Å². The second kappa shape index (κ2) is 10.0. The van der Waals surface area contributed by atoms with Crippen molar-refractivity contribution >= 4 is 13.8 Å². The summed E-state index contributed by atoms with van der Waals surface area (Å²) < 4.78 is 5.24. The molecule has 0 amide bonds. The van der Waals surface area contributed by atoms with E-state index in [0.717, 1.165) is 57.5 Å². The zero-order chi connectivity index (χ0) is 19.0. The van der Waals surface area contributed by atoms with Gasteiger partial charge in [-0.3, -0.25) is 4.79 Å². The van der Waals surface area contributed by atoms with Gasteiger partial charge in [-0.05, 0) is 75.4 Å². The van der Waals surface area contributed by atoms with Gasteiger partial charge in [-0.2, -0.15) is 0 Å². The second-order valence-electron chi connectivity index (χ2n) is 7.96.